The van der Waals surface area contributed by atoms with Gasteiger partial charge in [-0.2, -0.15) is 0 Å². The Morgan fingerprint density at radius 1 is 1.11 bits per heavy atom. The lowest BCUT2D eigenvalue weighted by Gasteiger charge is -2.23. The lowest BCUT2D eigenvalue weighted by molar-refractivity contribution is 0.0946. The summed E-state index contributed by atoms with van der Waals surface area (Å²) in [7, 11) is -3.77. The van der Waals surface area contributed by atoms with Crippen LogP contribution in [0.3, 0.4) is 0 Å². The van der Waals surface area contributed by atoms with Gasteiger partial charge >= 0.3 is 0 Å². The molecule has 2 aromatic carbocycles. The summed E-state index contributed by atoms with van der Waals surface area (Å²) in [6.07, 6.45) is 0. The highest BCUT2D eigenvalue weighted by Gasteiger charge is 2.24. The molecule has 0 fully saturated rings. The second-order valence-corrected chi connectivity index (χ2v) is 8.57. The van der Waals surface area contributed by atoms with E-state index < -0.39 is 15.6 Å². The molecule has 0 aliphatic rings. The quantitative estimate of drug-likeness (QED) is 0.732. The molecule has 0 aliphatic carbocycles. The molecule has 2 rings (SSSR count). The van der Waals surface area contributed by atoms with Crippen molar-refractivity contribution in [1.29, 1.82) is 0 Å². The van der Waals surface area contributed by atoms with Crippen LogP contribution in [-0.4, -0.2) is 33.0 Å². The number of hydrogen-bond donors (Lipinski definition) is 2. The molecule has 0 unspecified atom stereocenters. The van der Waals surface area contributed by atoms with E-state index in [4.69, 9.17) is 5.73 Å². The molecule has 0 aromatic heterocycles. The van der Waals surface area contributed by atoms with Gasteiger partial charge in [0.2, 0.25) is 0 Å². The third-order valence-electron chi connectivity index (χ3n) is 3.72. The minimum atomic E-state index is -3.77. The second-order valence-electron chi connectivity index (χ2n) is 6.70. The molecule has 3 N–H and O–H groups in total. The number of hydrogen-bond acceptors (Lipinski definition) is 4. The molecule has 27 heavy (non-hydrogen) atoms. The van der Waals surface area contributed by atoms with E-state index in [1.54, 1.807) is 57.2 Å². The second kappa shape index (κ2) is 9.21. The van der Waals surface area contributed by atoms with E-state index in [-0.39, 0.29) is 41.9 Å². The molecule has 2 aromatic rings. The Labute approximate surface area is 167 Å². The topological polar surface area (TPSA) is 92.5 Å². The first-order valence-corrected chi connectivity index (χ1v) is 9.84. The number of para-hydroxylation sites is 1. The number of anilines is 1. The Bertz CT molecular complexity index is 865. The maximum Gasteiger partial charge on any atom is 0.264 e. The van der Waals surface area contributed by atoms with Crippen molar-refractivity contribution in [3.8, 4) is 0 Å². The predicted octanol–water partition coefficient (Wildman–Crippen LogP) is 2.79. The number of nitrogens with two attached hydrogens (primary N) is 1. The Morgan fingerprint density at radius 2 is 1.74 bits per heavy atom. The molecule has 0 heterocycles. The minimum absolute atomic E-state index is 0. The molecule has 148 valence electrons. The third kappa shape index (κ3) is 5.95. The van der Waals surface area contributed by atoms with Gasteiger partial charge < -0.3 is 11.1 Å². The normalized spacial score (nSPS) is 11.4. The highest BCUT2D eigenvalue weighted by atomic mass is 35.5. The van der Waals surface area contributed by atoms with Gasteiger partial charge in [-0.05, 0) is 51.1 Å². The fourth-order valence-electron chi connectivity index (χ4n) is 2.42. The van der Waals surface area contributed by atoms with E-state index in [0.717, 1.165) is 0 Å². The molecular weight excluding hydrogens is 386 g/mol. The number of amides is 1. The van der Waals surface area contributed by atoms with Gasteiger partial charge in [0.1, 0.15) is 0 Å². The van der Waals surface area contributed by atoms with Crippen molar-refractivity contribution in [3.05, 3.63) is 60.2 Å². The minimum Gasteiger partial charge on any atom is -0.350 e. The van der Waals surface area contributed by atoms with E-state index >= 15 is 0 Å². The highest BCUT2D eigenvalue weighted by Crippen LogP contribution is 2.23. The first-order valence-electron chi connectivity index (χ1n) is 8.40. The summed E-state index contributed by atoms with van der Waals surface area (Å²) in [6, 6.07) is 14.9. The first kappa shape index (κ1) is 23.0. The maximum absolute atomic E-state index is 13.0. The zero-order valence-corrected chi connectivity index (χ0v) is 17.3. The van der Waals surface area contributed by atoms with Gasteiger partial charge in [-0.15, -0.1) is 12.4 Å². The number of nitrogens with one attached hydrogen (secondary N) is 1. The average Bonchev–Trinajstić information content (AvgIpc) is 2.60. The summed E-state index contributed by atoms with van der Waals surface area (Å²) >= 11 is 0. The van der Waals surface area contributed by atoms with Gasteiger partial charge in [0.25, 0.3) is 15.9 Å². The molecule has 0 radical (unpaired) electrons. The summed E-state index contributed by atoms with van der Waals surface area (Å²) in [5.41, 5.74) is 6.17. The summed E-state index contributed by atoms with van der Waals surface area (Å²) in [5.74, 6) is -0.358. The monoisotopic (exact) mass is 411 g/mol. The Balaban J connectivity index is 0.00000364. The molecule has 0 atom stereocenters. The first-order chi connectivity index (χ1) is 12.1. The molecule has 0 spiro atoms. The predicted molar refractivity (Wildman–Crippen MR) is 111 cm³/mol. The van der Waals surface area contributed by atoms with Gasteiger partial charge in [0.15, 0.2) is 0 Å². The molecule has 0 bridgehead atoms. The molecule has 1 amide bonds. The smallest absolute Gasteiger partial charge is 0.264 e. The fraction of sp³-hybridized carbons (Fsp3) is 0.316. The van der Waals surface area contributed by atoms with Crippen LogP contribution in [0.15, 0.2) is 59.5 Å². The van der Waals surface area contributed by atoms with Crippen molar-refractivity contribution in [2.75, 3.05) is 17.4 Å². The van der Waals surface area contributed by atoms with Crippen molar-refractivity contribution >= 4 is 34.0 Å². The molecule has 0 saturated carbocycles. The van der Waals surface area contributed by atoms with Crippen molar-refractivity contribution < 1.29 is 13.2 Å². The number of sulfonamides is 1. The van der Waals surface area contributed by atoms with Crippen molar-refractivity contribution in [2.24, 2.45) is 5.73 Å². The van der Waals surface area contributed by atoms with Gasteiger partial charge in [-0.25, -0.2) is 8.42 Å². The number of benzene rings is 2. The fourth-order valence-corrected chi connectivity index (χ4v) is 3.94. The van der Waals surface area contributed by atoms with Crippen molar-refractivity contribution in [1.82, 2.24) is 5.32 Å². The van der Waals surface area contributed by atoms with Crippen LogP contribution in [0.1, 0.15) is 31.1 Å². The van der Waals surface area contributed by atoms with Crippen molar-refractivity contribution in [2.45, 2.75) is 31.2 Å². The lowest BCUT2D eigenvalue weighted by atomic mass is 10.1. The largest absolute Gasteiger partial charge is 0.350 e. The molecule has 0 aliphatic heterocycles. The van der Waals surface area contributed by atoms with E-state index in [9.17, 15) is 13.2 Å². The molecule has 8 heteroatoms. The van der Waals surface area contributed by atoms with Gasteiger partial charge in [0, 0.05) is 24.2 Å². The summed E-state index contributed by atoms with van der Waals surface area (Å²) in [4.78, 5) is 12.4. The van der Waals surface area contributed by atoms with Crippen LogP contribution in [0.2, 0.25) is 0 Å². The zero-order chi connectivity index (χ0) is 19.4. The van der Waals surface area contributed by atoms with Crippen LogP contribution < -0.4 is 15.4 Å². The van der Waals surface area contributed by atoms with Crippen LogP contribution in [0.4, 0.5) is 5.69 Å². The van der Waals surface area contributed by atoms with Gasteiger partial charge in [0.05, 0.1) is 10.6 Å². The molecule has 0 saturated heterocycles. The number of carbonyl (C=O) groups is 1. The standard InChI is InChI=1S/C19H25N3O3S.ClH/c1-4-22(16-10-6-5-7-11-16)26(24,25)17-12-8-9-15(13-17)18(23)21-14-19(2,3)20;/h5-13H,4,14,20H2,1-3H3,(H,21,23);1H. The van der Waals surface area contributed by atoms with E-state index in [2.05, 4.69) is 5.32 Å². The number of carbonyl (C=O) groups excluding carboxylic acids is 1. The van der Waals surface area contributed by atoms with Crippen LogP contribution in [0, 0.1) is 0 Å². The number of nitrogens with zero attached hydrogens (tertiary/aromatic N) is 1. The summed E-state index contributed by atoms with van der Waals surface area (Å²) in [6.45, 7) is 5.93. The van der Waals surface area contributed by atoms with Crippen LogP contribution in [-0.2, 0) is 10.0 Å². The maximum atomic E-state index is 13.0. The SMILES string of the molecule is CCN(c1ccccc1)S(=O)(=O)c1cccc(C(=O)NCC(C)(C)N)c1.Cl. The number of halogens is 1. The van der Waals surface area contributed by atoms with Crippen LogP contribution >= 0.6 is 12.4 Å². The zero-order valence-electron chi connectivity index (χ0n) is 15.7. The lowest BCUT2D eigenvalue weighted by Crippen LogP contribution is -2.45. The average molecular weight is 412 g/mol. The third-order valence-corrected chi connectivity index (χ3v) is 5.62. The Morgan fingerprint density at radius 3 is 2.30 bits per heavy atom. The van der Waals surface area contributed by atoms with E-state index in [1.807, 2.05) is 6.07 Å². The van der Waals surface area contributed by atoms with Crippen molar-refractivity contribution in [3.63, 3.8) is 0 Å². The summed E-state index contributed by atoms with van der Waals surface area (Å²) < 4.78 is 27.4. The number of rotatable bonds is 7. The summed E-state index contributed by atoms with van der Waals surface area (Å²) in [5, 5.41) is 2.72. The molecular formula is C19H26ClN3O3S. The Kier molecular flexibility index (Phi) is 7.83. The van der Waals surface area contributed by atoms with Gasteiger partial charge in [-0.3, -0.25) is 9.10 Å². The van der Waals surface area contributed by atoms with E-state index in [0.29, 0.717) is 5.69 Å². The van der Waals surface area contributed by atoms with Crippen LogP contribution in [0.25, 0.3) is 0 Å². The molecule has 6 nitrogen and oxygen atoms in total. The van der Waals surface area contributed by atoms with Gasteiger partial charge in [-0.1, -0.05) is 24.3 Å². The Hall–Kier alpha value is -2.09. The van der Waals surface area contributed by atoms with Crippen LogP contribution in [0.5, 0.6) is 0 Å². The highest BCUT2D eigenvalue weighted by molar-refractivity contribution is 7.92. The van der Waals surface area contributed by atoms with E-state index in [1.165, 1.54) is 16.4 Å².